The molecule has 0 aromatic carbocycles. The first-order valence-corrected chi connectivity index (χ1v) is 9.82. The Labute approximate surface area is 160 Å². The Balaban J connectivity index is 1.66. The number of hydrogen-bond donors (Lipinski definition) is 1. The molecule has 1 N–H and O–H groups in total. The number of nitrogens with zero attached hydrogens (tertiary/aromatic N) is 3. The lowest BCUT2D eigenvalue weighted by molar-refractivity contribution is 0.0593. The zero-order valence-corrected chi connectivity index (χ0v) is 16.9. The third kappa shape index (κ3) is 4.46. The minimum atomic E-state index is -0.513. The summed E-state index contributed by atoms with van der Waals surface area (Å²) in [4.78, 5) is 23.4. The van der Waals surface area contributed by atoms with Crippen LogP contribution in [0.4, 0.5) is 5.82 Å². The lowest BCUT2D eigenvalue weighted by Gasteiger charge is -2.41. The molecule has 2 heterocycles. The summed E-state index contributed by atoms with van der Waals surface area (Å²) in [6.45, 7) is 9.81. The van der Waals surface area contributed by atoms with Crippen LogP contribution in [0.15, 0.2) is 0 Å². The van der Waals surface area contributed by atoms with E-state index in [0.29, 0.717) is 23.5 Å². The third-order valence-electron chi connectivity index (χ3n) is 5.31. The fraction of sp³-hybridized carbons (Fsp3) is 0.737. The molecule has 2 fully saturated rings. The van der Waals surface area contributed by atoms with Crippen LogP contribution in [-0.2, 0) is 4.74 Å². The van der Waals surface area contributed by atoms with E-state index in [2.05, 4.69) is 41.0 Å². The highest BCUT2D eigenvalue weighted by molar-refractivity contribution is 6.35. The minimum absolute atomic E-state index is 0.163. The molecule has 2 aliphatic rings. The first-order chi connectivity index (χ1) is 12.3. The fourth-order valence-corrected chi connectivity index (χ4v) is 3.61. The van der Waals surface area contributed by atoms with Gasteiger partial charge in [-0.3, -0.25) is 4.90 Å². The van der Waals surface area contributed by atoms with Crippen molar-refractivity contribution in [1.82, 2.24) is 14.9 Å². The summed E-state index contributed by atoms with van der Waals surface area (Å²) in [7, 11) is 1.34. The Kier molecular flexibility index (Phi) is 5.72. The van der Waals surface area contributed by atoms with Crippen molar-refractivity contribution in [2.45, 2.75) is 57.9 Å². The Morgan fingerprint density at radius 2 is 1.88 bits per heavy atom. The second kappa shape index (κ2) is 7.69. The Morgan fingerprint density at radius 1 is 1.23 bits per heavy atom. The van der Waals surface area contributed by atoms with Gasteiger partial charge >= 0.3 is 5.97 Å². The number of aromatic nitrogens is 2. The number of nitrogens with one attached hydrogen (secondary N) is 1. The summed E-state index contributed by atoms with van der Waals surface area (Å²) in [5.74, 6) is 1.65. The first-order valence-electron chi connectivity index (χ1n) is 9.44. The van der Waals surface area contributed by atoms with E-state index in [4.69, 9.17) is 16.3 Å². The van der Waals surface area contributed by atoms with Crippen LogP contribution in [0.2, 0.25) is 5.02 Å². The molecule has 0 bridgehead atoms. The average molecular weight is 381 g/mol. The van der Waals surface area contributed by atoms with E-state index in [1.165, 1.54) is 7.11 Å². The van der Waals surface area contributed by atoms with Crippen LogP contribution >= 0.6 is 11.6 Å². The average Bonchev–Trinajstić information content (AvgIpc) is 3.45. The molecule has 1 aliphatic heterocycles. The molecule has 0 spiro atoms. The molecular formula is C19H29ClN4O2. The predicted octanol–water partition coefficient (Wildman–Crippen LogP) is 3.72. The second-order valence-corrected chi connectivity index (χ2v) is 8.72. The van der Waals surface area contributed by atoms with E-state index in [-0.39, 0.29) is 16.3 Å². The molecule has 3 rings (SSSR count). The van der Waals surface area contributed by atoms with E-state index in [1.54, 1.807) is 0 Å². The summed E-state index contributed by atoms with van der Waals surface area (Å²) in [6, 6.07) is 0. The lowest BCUT2D eigenvalue weighted by Crippen LogP contribution is -2.46. The third-order valence-corrected chi connectivity index (χ3v) is 5.67. The number of esters is 1. The maximum atomic E-state index is 12.0. The number of hydrogen-bond acceptors (Lipinski definition) is 6. The molecule has 1 aliphatic carbocycles. The molecule has 26 heavy (non-hydrogen) atoms. The Hall–Kier alpha value is -1.40. The molecule has 1 aromatic heterocycles. The van der Waals surface area contributed by atoms with E-state index in [9.17, 15) is 4.79 Å². The number of methoxy groups -OCH3 is 1. The highest BCUT2D eigenvalue weighted by Gasteiger charge is 2.31. The SMILES string of the molecule is COC(=O)c1nc(C2CC2)nc(NCC2CCN(C(C)(C)C)CC2)c1Cl. The molecule has 0 radical (unpaired) electrons. The maximum absolute atomic E-state index is 12.0. The normalized spacial score (nSPS) is 19.4. The largest absolute Gasteiger partial charge is 0.464 e. The standard InChI is InChI=1S/C19H29ClN4O2/c1-19(2,3)24-9-7-12(8-10-24)11-21-17-14(20)15(18(25)26-4)22-16(23-17)13-5-6-13/h12-13H,5-11H2,1-4H3,(H,21,22,23). The number of likely N-dealkylation sites (tertiary alicyclic amines) is 1. The Bertz CT molecular complexity index is 662. The van der Waals surface area contributed by atoms with Crippen LogP contribution in [-0.4, -0.2) is 53.1 Å². The van der Waals surface area contributed by atoms with E-state index >= 15 is 0 Å². The molecule has 0 atom stereocenters. The molecule has 144 valence electrons. The van der Waals surface area contributed by atoms with Crippen LogP contribution in [0.5, 0.6) is 0 Å². The van der Waals surface area contributed by atoms with Gasteiger partial charge in [-0.05, 0) is 65.5 Å². The summed E-state index contributed by atoms with van der Waals surface area (Å²) in [5, 5.41) is 3.63. The van der Waals surface area contributed by atoms with Crippen molar-refractivity contribution in [3.05, 3.63) is 16.5 Å². The van der Waals surface area contributed by atoms with E-state index < -0.39 is 5.97 Å². The summed E-state index contributed by atoms with van der Waals surface area (Å²) >= 11 is 6.38. The second-order valence-electron chi connectivity index (χ2n) is 8.34. The van der Waals surface area contributed by atoms with Crippen LogP contribution < -0.4 is 5.32 Å². The number of halogens is 1. The molecule has 0 amide bonds. The highest BCUT2D eigenvalue weighted by atomic mass is 35.5. The van der Waals surface area contributed by atoms with Crippen molar-refractivity contribution in [2.75, 3.05) is 32.1 Å². The summed E-state index contributed by atoms with van der Waals surface area (Å²) < 4.78 is 4.82. The predicted molar refractivity (Wildman–Crippen MR) is 103 cm³/mol. The quantitative estimate of drug-likeness (QED) is 0.785. The summed E-state index contributed by atoms with van der Waals surface area (Å²) in [5.41, 5.74) is 0.388. The highest BCUT2D eigenvalue weighted by Crippen LogP contribution is 2.39. The molecule has 7 heteroatoms. The number of carbonyl (C=O) groups excluding carboxylic acids is 1. The zero-order chi connectivity index (χ0) is 18.9. The zero-order valence-electron chi connectivity index (χ0n) is 16.1. The molecule has 1 aromatic rings. The molecule has 1 saturated heterocycles. The molecule has 1 saturated carbocycles. The van der Waals surface area contributed by atoms with Crippen molar-refractivity contribution < 1.29 is 9.53 Å². The first kappa shape index (κ1) is 19.4. The van der Waals surface area contributed by atoms with Crippen molar-refractivity contribution in [3.63, 3.8) is 0 Å². The van der Waals surface area contributed by atoms with Gasteiger partial charge in [0.15, 0.2) is 5.69 Å². The van der Waals surface area contributed by atoms with Gasteiger partial charge in [0.05, 0.1) is 7.11 Å². The van der Waals surface area contributed by atoms with Crippen LogP contribution in [0, 0.1) is 5.92 Å². The smallest absolute Gasteiger partial charge is 0.358 e. The van der Waals surface area contributed by atoms with Gasteiger partial charge in [-0.15, -0.1) is 0 Å². The van der Waals surface area contributed by atoms with Gasteiger partial charge in [0, 0.05) is 18.0 Å². The van der Waals surface area contributed by atoms with Crippen molar-refractivity contribution in [2.24, 2.45) is 5.92 Å². The van der Waals surface area contributed by atoms with Crippen molar-refractivity contribution in [3.8, 4) is 0 Å². The van der Waals surface area contributed by atoms with Gasteiger partial charge in [-0.2, -0.15) is 0 Å². The number of rotatable bonds is 5. The lowest BCUT2D eigenvalue weighted by atomic mass is 9.93. The van der Waals surface area contributed by atoms with Gasteiger partial charge in [0.1, 0.15) is 16.7 Å². The van der Waals surface area contributed by atoms with Crippen LogP contribution in [0.1, 0.15) is 68.7 Å². The van der Waals surface area contributed by atoms with E-state index in [1.807, 2.05) is 0 Å². The van der Waals surface area contributed by atoms with Crippen molar-refractivity contribution >= 4 is 23.4 Å². The number of carbonyl (C=O) groups is 1. The molecule has 6 nitrogen and oxygen atoms in total. The Morgan fingerprint density at radius 3 is 2.42 bits per heavy atom. The minimum Gasteiger partial charge on any atom is -0.464 e. The number of anilines is 1. The van der Waals surface area contributed by atoms with Crippen LogP contribution in [0.3, 0.4) is 0 Å². The number of ether oxygens (including phenoxy) is 1. The molecular weight excluding hydrogens is 352 g/mol. The monoisotopic (exact) mass is 380 g/mol. The van der Waals surface area contributed by atoms with E-state index in [0.717, 1.165) is 45.3 Å². The van der Waals surface area contributed by atoms with Crippen LogP contribution in [0.25, 0.3) is 0 Å². The molecule has 0 unspecified atom stereocenters. The van der Waals surface area contributed by atoms with Gasteiger partial charge in [-0.1, -0.05) is 11.6 Å². The van der Waals surface area contributed by atoms with Gasteiger partial charge in [0.25, 0.3) is 0 Å². The topological polar surface area (TPSA) is 67.3 Å². The van der Waals surface area contributed by atoms with Gasteiger partial charge < -0.3 is 10.1 Å². The maximum Gasteiger partial charge on any atom is 0.358 e. The van der Waals surface area contributed by atoms with Crippen molar-refractivity contribution in [1.29, 1.82) is 0 Å². The van der Waals surface area contributed by atoms with Gasteiger partial charge in [0.2, 0.25) is 0 Å². The summed E-state index contributed by atoms with van der Waals surface area (Å²) in [6.07, 6.45) is 4.42. The fourth-order valence-electron chi connectivity index (χ4n) is 3.39. The van der Waals surface area contributed by atoms with Gasteiger partial charge in [-0.25, -0.2) is 14.8 Å². The number of piperidine rings is 1.